The molecule has 32 valence electrons. The third-order valence-electron chi connectivity index (χ3n) is 0. The van der Waals surface area contributed by atoms with Crippen LogP contribution < -0.4 is 11.0 Å². The Morgan fingerprint density at radius 1 is 1.60 bits per heavy atom. The minimum atomic E-state index is -2.33. The van der Waals surface area contributed by atoms with Crippen molar-refractivity contribution in [1.29, 1.82) is 0 Å². The second-order valence-corrected chi connectivity index (χ2v) is 5.96. The molecule has 0 unspecified atom stereocenters. The van der Waals surface area contributed by atoms with Gasteiger partial charge in [-0.05, 0) is 11.8 Å². The standard InChI is InChI=1S/ClH4N2PS/c1-4(2,3)5/h(H4,2,3,5). The summed E-state index contributed by atoms with van der Waals surface area (Å²) in [5.41, 5.74) is 7.31. The lowest BCUT2D eigenvalue weighted by Crippen LogP contribution is -1.94. The molecule has 0 saturated heterocycles. The molecule has 5 heteroatoms. The van der Waals surface area contributed by atoms with Gasteiger partial charge in [0.1, 0.15) is 0 Å². The molecule has 0 spiro atoms. The Labute approximate surface area is 40.4 Å². The minimum absolute atomic E-state index is 2.33. The minimum Gasteiger partial charge on any atom is -0.279 e. The first-order valence-electron chi connectivity index (χ1n) is 0.868. The van der Waals surface area contributed by atoms with Gasteiger partial charge in [0.15, 0.2) is 5.69 Å². The van der Waals surface area contributed by atoms with E-state index in [0.717, 1.165) is 0 Å². The highest BCUT2D eigenvalue weighted by atomic mass is 35.7. The molecule has 5 heavy (non-hydrogen) atoms. The highest BCUT2D eigenvalue weighted by Gasteiger charge is 1.87. The van der Waals surface area contributed by atoms with Crippen LogP contribution in [0.2, 0.25) is 0 Å². The van der Waals surface area contributed by atoms with Crippen LogP contribution in [0.25, 0.3) is 0 Å². The fourth-order valence-electron chi connectivity index (χ4n) is 0. The van der Waals surface area contributed by atoms with Crippen LogP contribution in [0.3, 0.4) is 0 Å². The second kappa shape index (κ2) is 1.54. The quantitative estimate of drug-likeness (QED) is 0.466. The molecular formula is H4ClN2PS. The van der Waals surface area contributed by atoms with Crippen molar-refractivity contribution in [2.45, 2.75) is 0 Å². The van der Waals surface area contributed by atoms with E-state index >= 15 is 0 Å². The lowest BCUT2D eigenvalue weighted by molar-refractivity contribution is 1.84. The first kappa shape index (κ1) is 5.86. The van der Waals surface area contributed by atoms with Gasteiger partial charge in [0.2, 0.25) is 0 Å². The Bertz CT molecular complexity index is 55.8. The fourth-order valence-corrected chi connectivity index (χ4v) is 0. The molecule has 0 aliphatic rings. The molecule has 2 nitrogen and oxygen atoms in total. The smallest absolute Gasteiger partial charge is 0.154 e. The van der Waals surface area contributed by atoms with Crippen molar-refractivity contribution in [3.63, 3.8) is 0 Å². The zero-order valence-corrected chi connectivity index (χ0v) is 4.85. The van der Waals surface area contributed by atoms with E-state index in [9.17, 15) is 0 Å². The Hall–Kier alpha value is 0.860. The normalized spacial score (nSPS) is 11.8. The largest absolute Gasteiger partial charge is 0.279 e. The maximum Gasteiger partial charge on any atom is 0.154 e. The molecule has 0 aliphatic carbocycles. The van der Waals surface area contributed by atoms with Crippen molar-refractivity contribution in [3.8, 4) is 0 Å². The van der Waals surface area contributed by atoms with Crippen LogP contribution in [0.4, 0.5) is 0 Å². The highest BCUT2D eigenvalue weighted by molar-refractivity contribution is 8.24. The maximum absolute atomic E-state index is 5.01. The average molecular weight is 131 g/mol. The van der Waals surface area contributed by atoms with Crippen molar-refractivity contribution in [3.05, 3.63) is 0 Å². The van der Waals surface area contributed by atoms with Gasteiger partial charge in [-0.25, -0.2) is 0 Å². The first-order valence-corrected chi connectivity index (χ1v) is 4.71. The summed E-state index contributed by atoms with van der Waals surface area (Å²) in [6, 6.07) is 0. The van der Waals surface area contributed by atoms with E-state index in [2.05, 4.69) is 11.8 Å². The van der Waals surface area contributed by atoms with Crippen molar-refractivity contribution >= 4 is 28.7 Å². The summed E-state index contributed by atoms with van der Waals surface area (Å²) in [4.78, 5) is 0. The maximum atomic E-state index is 5.01. The molecule has 4 N–H and O–H groups in total. The predicted octanol–water partition coefficient (Wildman–Crippen LogP) is 0.367. The molecule has 0 saturated carbocycles. The molecule has 0 heterocycles. The van der Waals surface area contributed by atoms with Crippen LogP contribution in [0, 0.1) is 0 Å². The van der Waals surface area contributed by atoms with E-state index in [1.165, 1.54) is 0 Å². The van der Waals surface area contributed by atoms with Crippen LogP contribution in [0.1, 0.15) is 0 Å². The predicted molar refractivity (Wildman–Crippen MR) is 28.5 cm³/mol. The average Bonchev–Trinajstić information content (AvgIpc) is 0.722. The number of hydrogen-bond acceptors (Lipinski definition) is 1. The van der Waals surface area contributed by atoms with E-state index in [0.29, 0.717) is 0 Å². The molecule has 0 rings (SSSR count). The zero-order chi connectivity index (χ0) is 4.50. The van der Waals surface area contributed by atoms with Crippen LogP contribution in [0.15, 0.2) is 0 Å². The summed E-state index contributed by atoms with van der Waals surface area (Å²) in [5.74, 6) is 0. The lowest BCUT2D eigenvalue weighted by Gasteiger charge is -1.89. The molecule has 0 bridgehead atoms. The molecule has 0 fully saturated rings. The van der Waals surface area contributed by atoms with Gasteiger partial charge in [0, 0.05) is 0 Å². The van der Waals surface area contributed by atoms with E-state index < -0.39 is 5.69 Å². The number of rotatable bonds is 0. The molecule has 0 aliphatic heterocycles. The summed E-state index contributed by atoms with van der Waals surface area (Å²) in [5, 5.41) is 0. The number of nitrogens with two attached hydrogens (primary N) is 2. The van der Waals surface area contributed by atoms with E-state index in [4.69, 9.17) is 22.2 Å². The van der Waals surface area contributed by atoms with Gasteiger partial charge < -0.3 is 0 Å². The van der Waals surface area contributed by atoms with Crippen LogP contribution >= 0.6 is 16.9 Å². The van der Waals surface area contributed by atoms with Crippen molar-refractivity contribution < 1.29 is 0 Å². The van der Waals surface area contributed by atoms with E-state index in [-0.39, 0.29) is 0 Å². The Morgan fingerprint density at radius 2 is 1.60 bits per heavy atom. The van der Waals surface area contributed by atoms with Gasteiger partial charge in [-0.2, -0.15) is 0 Å². The van der Waals surface area contributed by atoms with Crippen molar-refractivity contribution in [2.75, 3.05) is 0 Å². The topological polar surface area (TPSA) is 52.0 Å². The summed E-state index contributed by atoms with van der Waals surface area (Å²) in [6.45, 7) is 0. The molecule has 0 radical (unpaired) electrons. The zero-order valence-electron chi connectivity index (χ0n) is 2.39. The van der Waals surface area contributed by atoms with Gasteiger partial charge in [0.05, 0.1) is 0 Å². The van der Waals surface area contributed by atoms with Crippen molar-refractivity contribution in [1.82, 2.24) is 0 Å². The monoisotopic (exact) mass is 130 g/mol. The van der Waals surface area contributed by atoms with Gasteiger partial charge in [-0.15, -0.1) is 0 Å². The molecule has 0 aromatic rings. The van der Waals surface area contributed by atoms with Crippen LogP contribution in [0.5, 0.6) is 0 Å². The number of hydrogen-bond donors (Lipinski definition) is 2. The second-order valence-electron chi connectivity index (χ2n) is 0.624. The number of halogens is 1. The summed E-state index contributed by atoms with van der Waals surface area (Å²) >= 11 is 9.27. The third kappa shape index (κ3) is 53.7. The molecule has 0 aromatic heterocycles. The molecular weight excluding hydrogens is 127 g/mol. The Morgan fingerprint density at radius 3 is 1.60 bits per heavy atom. The molecule has 0 amide bonds. The van der Waals surface area contributed by atoms with Gasteiger partial charge in [-0.3, -0.25) is 11.0 Å². The third-order valence-corrected chi connectivity index (χ3v) is 0. The molecule has 0 aromatic carbocycles. The lowest BCUT2D eigenvalue weighted by atomic mass is 13.9. The van der Waals surface area contributed by atoms with Gasteiger partial charge in [0.25, 0.3) is 0 Å². The van der Waals surface area contributed by atoms with Crippen LogP contribution in [-0.2, 0) is 11.8 Å². The van der Waals surface area contributed by atoms with E-state index in [1.807, 2.05) is 0 Å². The van der Waals surface area contributed by atoms with Gasteiger partial charge >= 0.3 is 0 Å². The van der Waals surface area contributed by atoms with E-state index in [1.54, 1.807) is 0 Å². The van der Waals surface area contributed by atoms with Crippen molar-refractivity contribution in [2.24, 2.45) is 11.0 Å². The van der Waals surface area contributed by atoms with Crippen LogP contribution in [-0.4, -0.2) is 0 Å². The summed E-state index contributed by atoms with van der Waals surface area (Å²) in [6.07, 6.45) is 0. The highest BCUT2D eigenvalue weighted by Crippen LogP contribution is 2.30. The summed E-state index contributed by atoms with van der Waals surface area (Å²) < 4.78 is 0. The SMILES string of the molecule is NP(N)(=S)Cl. The Kier molecular flexibility index (Phi) is 1.80. The molecule has 0 atom stereocenters. The fraction of sp³-hybridized carbons (Fsp3) is 0. The summed E-state index contributed by atoms with van der Waals surface area (Å²) in [7, 11) is 0. The Balaban J connectivity index is 3.47. The van der Waals surface area contributed by atoms with Gasteiger partial charge in [-0.1, -0.05) is 11.2 Å². The first-order chi connectivity index (χ1) is 2.00.